The number of fused-ring (bicyclic) bond motifs is 1. The number of anilines is 2. The largest absolute Gasteiger partial charge is 0.504 e. The molecule has 132 valence electrons. The summed E-state index contributed by atoms with van der Waals surface area (Å²) in [5, 5.41) is 21.8. The van der Waals surface area contributed by atoms with E-state index in [0.717, 1.165) is 0 Å². The minimum atomic E-state index is -0.274. The lowest BCUT2D eigenvalue weighted by Crippen LogP contribution is -2.14. The van der Waals surface area contributed by atoms with E-state index in [1.807, 2.05) is 6.07 Å². The number of pyridine rings is 1. The fourth-order valence-corrected chi connectivity index (χ4v) is 2.91. The minimum Gasteiger partial charge on any atom is -0.504 e. The zero-order valence-electron chi connectivity index (χ0n) is 13.6. The van der Waals surface area contributed by atoms with Crippen LogP contribution in [0.3, 0.4) is 0 Å². The molecule has 0 atom stereocenters. The van der Waals surface area contributed by atoms with E-state index in [4.69, 9.17) is 15.7 Å². The van der Waals surface area contributed by atoms with E-state index in [-0.39, 0.29) is 28.8 Å². The number of phenols is 1. The Morgan fingerprint density at radius 3 is 3.04 bits per heavy atom. The number of H-pyrrole nitrogens is 1. The van der Waals surface area contributed by atoms with Crippen molar-refractivity contribution in [3.05, 3.63) is 30.1 Å². The Labute approximate surface area is 152 Å². The van der Waals surface area contributed by atoms with E-state index in [2.05, 4.69) is 20.3 Å². The Balaban J connectivity index is 1.66. The number of methoxy groups -OCH3 is 1. The number of aromatic nitrogens is 3. The average molecular weight is 370 g/mol. The van der Waals surface area contributed by atoms with Gasteiger partial charge in [-0.15, -0.1) is 0 Å². The van der Waals surface area contributed by atoms with Crippen molar-refractivity contribution < 1.29 is 14.6 Å². The predicted molar refractivity (Wildman–Crippen MR) is 97.0 cm³/mol. The molecule has 10 heteroatoms. The Morgan fingerprint density at radius 1 is 1.54 bits per heavy atom. The normalized spacial score (nSPS) is 10.5. The average Bonchev–Trinajstić information content (AvgIpc) is 3.05. The molecule has 0 saturated carbocycles. The van der Waals surface area contributed by atoms with Gasteiger partial charge in [-0.3, -0.25) is 4.79 Å². The van der Waals surface area contributed by atoms with E-state index < -0.39 is 0 Å². The molecule has 3 rings (SSSR count). The number of carbonyl (C=O) groups excluding carboxylic acids is 1. The fourth-order valence-electron chi connectivity index (χ4n) is 2.23. The van der Waals surface area contributed by atoms with E-state index >= 15 is 0 Å². The molecule has 0 unspecified atom stereocenters. The van der Waals surface area contributed by atoms with Gasteiger partial charge in [-0.2, -0.15) is 5.26 Å². The molecule has 2 heterocycles. The van der Waals surface area contributed by atoms with Crippen LogP contribution in [-0.2, 0) is 4.79 Å². The molecule has 9 nitrogen and oxygen atoms in total. The number of nitrogens with zero attached hydrogens (tertiary/aromatic N) is 3. The zero-order valence-corrected chi connectivity index (χ0v) is 14.4. The van der Waals surface area contributed by atoms with Crippen LogP contribution in [0.4, 0.5) is 11.4 Å². The summed E-state index contributed by atoms with van der Waals surface area (Å²) in [7, 11) is 1.44. The highest BCUT2D eigenvalue weighted by Crippen LogP contribution is 2.29. The lowest BCUT2D eigenvalue weighted by molar-refractivity contribution is -0.113. The third kappa shape index (κ3) is 3.47. The summed E-state index contributed by atoms with van der Waals surface area (Å²) in [6.07, 6.45) is 1.47. The first-order valence-corrected chi connectivity index (χ1v) is 8.34. The molecule has 0 spiro atoms. The molecule has 0 radical (unpaired) electrons. The quantitative estimate of drug-likeness (QED) is 0.497. The standard InChI is InChI=1S/C16H14N6O3S/c1-25-12-3-2-8(4-11(12)23)20-13(24)7-26-16-21-10-6-19-9(5-17)14(18)15(10)22-16/h2-4,6,23H,7,18H2,1H3,(H,20,24)(H,21,22). The van der Waals surface area contributed by atoms with Gasteiger partial charge >= 0.3 is 0 Å². The third-order valence-electron chi connectivity index (χ3n) is 3.45. The van der Waals surface area contributed by atoms with Crippen molar-refractivity contribution in [3.8, 4) is 17.6 Å². The smallest absolute Gasteiger partial charge is 0.234 e. The number of imidazole rings is 1. The van der Waals surface area contributed by atoms with Gasteiger partial charge in [-0.25, -0.2) is 9.97 Å². The summed E-state index contributed by atoms with van der Waals surface area (Å²) in [5.41, 5.74) is 7.64. The van der Waals surface area contributed by atoms with Gasteiger partial charge in [0, 0.05) is 11.8 Å². The summed E-state index contributed by atoms with van der Waals surface area (Å²) in [4.78, 5) is 23.3. The van der Waals surface area contributed by atoms with Gasteiger partial charge in [0.05, 0.1) is 30.3 Å². The number of carbonyl (C=O) groups is 1. The molecule has 0 saturated heterocycles. The van der Waals surface area contributed by atoms with E-state index in [0.29, 0.717) is 27.6 Å². The molecule has 0 bridgehead atoms. The molecule has 1 aromatic carbocycles. The van der Waals surface area contributed by atoms with Crippen molar-refractivity contribution in [3.63, 3.8) is 0 Å². The molecule has 0 fully saturated rings. The summed E-state index contributed by atoms with van der Waals surface area (Å²) >= 11 is 1.18. The van der Waals surface area contributed by atoms with Crippen LogP contribution < -0.4 is 15.8 Å². The second-order valence-corrected chi connectivity index (χ2v) is 6.12. The van der Waals surface area contributed by atoms with Gasteiger partial charge in [0.25, 0.3) is 0 Å². The lowest BCUT2D eigenvalue weighted by atomic mass is 10.3. The van der Waals surface area contributed by atoms with Gasteiger partial charge in [-0.05, 0) is 12.1 Å². The first-order chi connectivity index (χ1) is 12.5. The maximum absolute atomic E-state index is 12.1. The van der Waals surface area contributed by atoms with Crippen molar-refractivity contribution >= 4 is 40.1 Å². The summed E-state index contributed by atoms with van der Waals surface area (Å²) in [5.74, 6) is 0.0725. The number of hydrogen-bond donors (Lipinski definition) is 4. The molecule has 0 aliphatic carbocycles. The van der Waals surface area contributed by atoms with Crippen molar-refractivity contribution in [2.75, 3.05) is 23.9 Å². The number of hydrogen-bond acceptors (Lipinski definition) is 8. The number of nitrogen functional groups attached to an aromatic ring is 1. The Hall–Kier alpha value is -3.45. The zero-order chi connectivity index (χ0) is 18.7. The first-order valence-electron chi connectivity index (χ1n) is 7.35. The second kappa shape index (κ2) is 7.20. The van der Waals surface area contributed by atoms with Crippen molar-refractivity contribution in [1.29, 1.82) is 5.26 Å². The molecule has 1 amide bonds. The van der Waals surface area contributed by atoms with Crippen LogP contribution in [-0.4, -0.2) is 38.8 Å². The van der Waals surface area contributed by atoms with Crippen LogP contribution in [0.2, 0.25) is 0 Å². The first kappa shape index (κ1) is 17.4. The Kier molecular flexibility index (Phi) is 4.81. The lowest BCUT2D eigenvalue weighted by Gasteiger charge is -2.07. The number of benzene rings is 1. The minimum absolute atomic E-state index is 0.0634. The van der Waals surface area contributed by atoms with Gasteiger partial charge in [0.15, 0.2) is 22.3 Å². The van der Waals surface area contributed by atoms with Crippen molar-refractivity contribution in [2.24, 2.45) is 0 Å². The Morgan fingerprint density at radius 2 is 2.35 bits per heavy atom. The van der Waals surface area contributed by atoms with Gasteiger partial charge in [-0.1, -0.05) is 11.8 Å². The third-order valence-corrected chi connectivity index (χ3v) is 4.32. The van der Waals surface area contributed by atoms with Crippen LogP contribution in [0.15, 0.2) is 29.6 Å². The Bertz CT molecular complexity index is 1030. The summed E-state index contributed by atoms with van der Waals surface area (Å²) in [6, 6.07) is 6.48. The number of aromatic amines is 1. The molecule has 5 N–H and O–H groups in total. The molecular weight excluding hydrogens is 356 g/mol. The fraction of sp³-hybridized carbons (Fsp3) is 0.125. The topological polar surface area (TPSA) is 150 Å². The summed E-state index contributed by atoms with van der Waals surface area (Å²) in [6.45, 7) is 0. The van der Waals surface area contributed by atoms with E-state index in [1.54, 1.807) is 12.1 Å². The number of amides is 1. The van der Waals surface area contributed by atoms with Crippen LogP contribution >= 0.6 is 11.8 Å². The molecule has 26 heavy (non-hydrogen) atoms. The van der Waals surface area contributed by atoms with Crippen LogP contribution in [0.5, 0.6) is 11.5 Å². The number of thioether (sulfide) groups is 1. The van der Waals surface area contributed by atoms with Gasteiger partial charge in [0.1, 0.15) is 11.6 Å². The monoisotopic (exact) mass is 370 g/mol. The highest BCUT2D eigenvalue weighted by atomic mass is 32.2. The number of aromatic hydroxyl groups is 1. The number of ether oxygens (including phenoxy) is 1. The second-order valence-electron chi connectivity index (χ2n) is 5.16. The van der Waals surface area contributed by atoms with Crippen LogP contribution in [0.25, 0.3) is 11.0 Å². The van der Waals surface area contributed by atoms with E-state index in [1.165, 1.54) is 31.1 Å². The SMILES string of the molecule is COc1ccc(NC(=O)CSc2nc3c(N)c(C#N)ncc3[nH]2)cc1O. The highest BCUT2D eigenvalue weighted by Gasteiger charge is 2.13. The maximum atomic E-state index is 12.1. The van der Waals surface area contributed by atoms with Crippen molar-refractivity contribution in [2.45, 2.75) is 5.16 Å². The molecule has 2 aromatic heterocycles. The van der Waals surface area contributed by atoms with E-state index in [9.17, 15) is 9.90 Å². The maximum Gasteiger partial charge on any atom is 0.234 e. The van der Waals surface area contributed by atoms with Crippen LogP contribution in [0.1, 0.15) is 5.69 Å². The number of rotatable bonds is 5. The number of nitrogens with one attached hydrogen (secondary N) is 2. The number of nitriles is 1. The molecular formula is C16H14N6O3S. The molecule has 0 aliphatic heterocycles. The molecule has 0 aliphatic rings. The highest BCUT2D eigenvalue weighted by molar-refractivity contribution is 7.99. The number of phenolic OH excluding ortho intramolecular Hbond substituents is 1. The van der Waals surface area contributed by atoms with Gasteiger partial charge in [0.2, 0.25) is 5.91 Å². The van der Waals surface area contributed by atoms with Gasteiger partial charge < -0.3 is 25.9 Å². The number of nitrogens with two attached hydrogens (primary N) is 1. The van der Waals surface area contributed by atoms with Crippen LogP contribution in [0, 0.1) is 11.3 Å². The van der Waals surface area contributed by atoms with Crippen molar-refractivity contribution in [1.82, 2.24) is 15.0 Å². The summed E-state index contributed by atoms with van der Waals surface area (Å²) < 4.78 is 4.95. The molecule has 3 aromatic rings. The predicted octanol–water partition coefficient (Wildman–Crippen LogP) is 1.86.